The predicted octanol–water partition coefficient (Wildman–Crippen LogP) is 2.88. The third-order valence-electron chi connectivity index (χ3n) is 4.32. The van der Waals surface area contributed by atoms with Crippen LogP contribution in [0.5, 0.6) is 5.75 Å². The monoisotopic (exact) mass is 408 g/mol. The molecule has 1 heterocycles. The molecule has 1 atom stereocenters. The first-order valence-corrected chi connectivity index (χ1v) is 10.7. The Morgan fingerprint density at radius 3 is 2.63 bits per heavy atom. The minimum absolute atomic E-state index is 0.175. The first-order valence-electron chi connectivity index (χ1n) is 8.51. The molecule has 0 radical (unpaired) electrons. The van der Waals surface area contributed by atoms with Crippen molar-refractivity contribution in [2.24, 2.45) is 0 Å². The average Bonchev–Trinajstić information content (AvgIpc) is 2.80. The normalized spacial score (nSPS) is 16.9. The fourth-order valence-corrected chi connectivity index (χ4v) is 3.99. The molecule has 144 valence electrons. The summed E-state index contributed by atoms with van der Waals surface area (Å²) in [4.78, 5) is 12.6. The number of aryl methyl sites for hydroxylation is 1. The van der Waals surface area contributed by atoms with Crippen molar-refractivity contribution < 1.29 is 17.9 Å². The molecule has 0 aliphatic carbocycles. The number of hydrogen-bond donors (Lipinski definition) is 1. The highest BCUT2D eigenvalue weighted by atomic mass is 35.5. The molecule has 27 heavy (non-hydrogen) atoms. The fourth-order valence-electron chi connectivity index (χ4n) is 2.92. The van der Waals surface area contributed by atoms with Crippen molar-refractivity contribution in [2.45, 2.75) is 26.0 Å². The van der Waals surface area contributed by atoms with Crippen molar-refractivity contribution >= 4 is 33.2 Å². The lowest BCUT2D eigenvalue weighted by atomic mass is 10.2. The Labute approximate surface area is 164 Å². The second-order valence-electron chi connectivity index (χ2n) is 6.55. The van der Waals surface area contributed by atoms with E-state index in [9.17, 15) is 13.2 Å². The third-order valence-corrected chi connectivity index (χ3v) is 5.75. The summed E-state index contributed by atoms with van der Waals surface area (Å²) in [7, 11) is -3.48. The molecule has 2 aromatic rings. The van der Waals surface area contributed by atoms with Crippen LogP contribution in [0.15, 0.2) is 42.5 Å². The van der Waals surface area contributed by atoms with Gasteiger partial charge in [0.25, 0.3) is 5.91 Å². The van der Waals surface area contributed by atoms with Crippen LogP contribution < -0.4 is 14.4 Å². The number of anilines is 1. The molecule has 1 aliphatic rings. The number of fused-ring (bicyclic) bond motifs is 1. The van der Waals surface area contributed by atoms with Gasteiger partial charge in [0.2, 0.25) is 10.0 Å². The van der Waals surface area contributed by atoms with Gasteiger partial charge >= 0.3 is 0 Å². The highest BCUT2D eigenvalue weighted by Crippen LogP contribution is 2.35. The van der Waals surface area contributed by atoms with Gasteiger partial charge in [-0.1, -0.05) is 29.8 Å². The van der Waals surface area contributed by atoms with Crippen LogP contribution in [0.3, 0.4) is 0 Å². The number of nitrogens with zero attached hydrogens (tertiary/aromatic N) is 1. The number of halogens is 1. The summed E-state index contributed by atoms with van der Waals surface area (Å²) in [5, 5.41) is 3.47. The van der Waals surface area contributed by atoms with E-state index in [1.54, 1.807) is 24.3 Å². The van der Waals surface area contributed by atoms with E-state index in [0.717, 1.165) is 17.4 Å². The zero-order valence-corrected chi connectivity index (χ0v) is 16.7. The molecule has 0 saturated carbocycles. The predicted molar refractivity (Wildman–Crippen MR) is 106 cm³/mol. The Hall–Kier alpha value is -2.25. The van der Waals surface area contributed by atoms with Crippen LogP contribution in [0.25, 0.3) is 0 Å². The molecule has 0 saturated heterocycles. The van der Waals surface area contributed by atoms with Gasteiger partial charge in [-0.25, -0.2) is 8.42 Å². The van der Waals surface area contributed by atoms with Gasteiger partial charge < -0.3 is 10.1 Å². The summed E-state index contributed by atoms with van der Waals surface area (Å²) in [6.07, 6.45) is 0.637. The largest absolute Gasteiger partial charge is 0.478 e. The molecular weight excluding hydrogens is 388 g/mol. The molecule has 1 amide bonds. The standard InChI is InChI=1S/C19H21ClN2O4S/c1-13-3-8-17-16(11-13)22(27(2,24)25)10-9-18(26-17)19(23)21-12-14-4-6-15(20)7-5-14/h3-8,11,18H,9-10,12H2,1-2H3,(H,21,23). The minimum Gasteiger partial charge on any atom is -0.478 e. The molecule has 1 N–H and O–H groups in total. The number of carbonyl (C=O) groups excluding carboxylic acids is 1. The Morgan fingerprint density at radius 1 is 1.26 bits per heavy atom. The zero-order chi connectivity index (χ0) is 19.6. The first-order chi connectivity index (χ1) is 12.7. The summed E-state index contributed by atoms with van der Waals surface area (Å²) in [5.41, 5.74) is 2.29. The van der Waals surface area contributed by atoms with Crippen LogP contribution in [-0.4, -0.2) is 33.2 Å². The van der Waals surface area contributed by atoms with Crippen LogP contribution in [0.4, 0.5) is 5.69 Å². The topological polar surface area (TPSA) is 75.7 Å². The molecule has 3 rings (SSSR count). The van der Waals surface area contributed by atoms with E-state index in [4.69, 9.17) is 16.3 Å². The van der Waals surface area contributed by atoms with E-state index in [2.05, 4.69) is 5.32 Å². The lowest BCUT2D eigenvalue weighted by Crippen LogP contribution is -2.39. The van der Waals surface area contributed by atoms with E-state index in [1.165, 1.54) is 4.31 Å². The van der Waals surface area contributed by atoms with E-state index < -0.39 is 16.1 Å². The van der Waals surface area contributed by atoms with Crippen LogP contribution in [0.2, 0.25) is 5.02 Å². The highest BCUT2D eigenvalue weighted by Gasteiger charge is 2.31. The maximum atomic E-state index is 12.6. The lowest BCUT2D eigenvalue weighted by molar-refractivity contribution is -0.128. The fraction of sp³-hybridized carbons (Fsp3) is 0.316. The number of amides is 1. The van der Waals surface area contributed by atoms with Crippen molar-refractivity contribution in [1.82, 2.24) is 5.32 Å². The molecule has 6 nitrogen and oxygen atoms in total. The molecular formula is C19H21ClN2O4S. The van der Waals surface area contributed by atoms with Gasteiger partial charge in [0.15, 0.2) is 6.10 Å². The number of nitrogens with one attached hydrogen (secondary N) is 1. The molecule has 0 aromatic heterocycles. The van der Waals surface area contributed by atoms with E-state index >= 15 is 0 Å². The summed E-state index contributed by atoms with van der Waals surface area (Å²) < 4.78 is 31.5. The molecule has 1 unspecified atom stereocenters. The number of ether oxygens (including phenoxy) is 1. The summed E-state index contributed by atoms with van der Waals surface area (Å²) >= 11 is 5.86. The number of rotatable bonds is 4. The van der Waals surface area contributed by atoms with Gasteiger partial charge in [-0.3, -0.25) is 9.10 Å². The van der Waals surface area contributed by atoms with Crippen LogP contribution in [-0.2, 0) is 21.4 Å². The van der Waals surface area contributed by atoms with Gasteiger partial charge in [-0.05, 0) is 42.3 Å². The summed E-state index contributed by atoms with van der Waals surface area (Å²) in [6, 6.07) is 12.5. The van der Waals surface area contributed by atoms with Crippen molar-refractivity contribution in [3.63, 3.8) is 0 Å². The van der Waals surface area contributed by atoms with Crippen molar-refractivity contribution in [3.8, 4) is 5.75 Å². The number of carbonyl (C=O) groups is 1. The zero-order valence-electron chi connectivity index (χ0n) is 15.1. The number of hydrogen-bond acceptors (Lipinski definition) is 4. The summed E-state index contributed by atoms with van der Waals surface area (Å²) in [5.74, 6) is 0.0991. The Bertz CT molecular complexity index is 945. The van der Waals surface area contributed by atoms with Gasteiger partial charge in [-0.2, -0.15) is 0 Å². The van der Waals surface area contributed by atoms with Crippen molar-refractivity contribution in [3.05, 3.63) is 58.6 Å². The molecule has 2 aromatic carbocycles. The summed E-state index contributed by atoms with van der Waals surface area (Å²) in [6.45, 7) is 2.39. The van der Waals surface area contributed by atoms with E-state index in [-0.39, 0.29) is 18.9 Å². The SMILES string of the molecule is Cc1ccc2c(c1)N(S(C)(=O)=O)CCC(C(=O)NCc1ccc(Cl)cc1)O2. The Morgan fingerprint density at radius 2 is 1.96 bits per heavy atom. The van der Waals surface area contributed by atoms with Crippen molar-refractivity contribution in [1.29, 1.82) is 0 Å². The maximum Gasteiger partial charge on any atom is 0.261 e. The lowest BCUT2D eigenvalue weighted by Gasteiger charge is -2.21. The second kappa shape index (κ2) is 7.78. The van der Waals surface area contributed by atoms with E-state index in [1.807, 2.05) is 25.1 Å². The Kier molecular flexibility index (Phi) is 5.62. The maximum absolute atomic E-state index is 12.6. The van der Waals surface area contributed by atoms with Crippen LogP contribution in [0.1, 0.15) is 17.5 Å². The number of benzene rings is 2. The second-order valence-corrected chi connectivity index (χ2v) is 8.89. The molecule has 0 spiro atoms. The van der Waals surface area contributed by atoms with E-state index in [0.29, 0.717) is 23.0 Å². The minimum atomic E-state index is -3.48. The van der Waals surface area contributed by atoms with Crippen LogP contribution >= 0.6 is 11.6 Å². The third kappa shape index (κ3) is 4.73. The number of sulfonamides is 1. The van der Waals surface area contributed by atoms with Gasteiger partial charge in [0, 0.05) is 24.5 Å². The van der Waals surface area contributed by atoms with Gasteiger partial charge in [0.05, 0.1) is 11.9 Å². The molecule has 8 heteroatoms. The van der Waals surface area contributed by atoms with Crippen LogP contribution in [0, 0.1) is 6.92 Å². The smallest absolute Gasteiger partial charge is 0.261 e. The highest BCUT2D eigenvalue weighted by molar-refractivity contribution is 7.92. The average molecular weight is 409 g/mol. The van der Waals surface area contributed by atoms with Crippen molar-refractivity contribution in [2.75, 3.05) is 17.1 Å². The molecule has 1 aliphatic heterocycles. The first kappa shape index (κ1) is 19.5. The Balaban J connectivity index is 1.77. The molecule has 0 bridgehead atoms. The quantitative estimate of drug-likeness (QED) is 0.844. The van der Waals surface area contributed by atoms with Gasteiger partial charge in [-0.15, -0.1) is 0 Å². The van der Waals surface area contributed by atoms with Gasteiger partial charge in [0.1, 0.15) is 5.75 Å². The molecule has 0 fully saturated rings.